The molecule has 0 atom stereocenters. The zero-order valence-corrected chi connectivity index (χ0v) is 12.9. The Morgan fingerprint density at radius 2 is 1.83 bits per heavy atom. The molecule has 0 saturated heterocycles. The van der Waals surface area contributed by atoms with Crippen LogP contribution in [0.5, 0.6) is 23.0 Å². The normalized spacial score (nSPS) is 12.4. The number of fused-ring (bicyclic) bond motifs is 1. The lowest BCUT2D eigenvalue weighted by Crippen LogP contribution is -1.95. The van der Waals surface area contributed by atoms with Crippen molar-refractivity contribution in [1.29, 1.82) is 0 Å². The van der Waals surface area contributed by atoms with E-state index in [4.69, 9.17) is 18.9 Å². The van der Waals surface area contributed by atoms with E-state index in [1.165, 1.54) is 6.08 Å². The number of carbonyl (C=O) groups is 1. The first-order chi connectivity index (χ1) is 11.2. The summed E-state index contributed by atoms with van der Waals surface area (Å²) in [6.07, 6.45) is 3.17. The van der Waals surface area contributed by atoms with Gasteiger partial charge in [0.15, 0.2) is 17.3 Å². The highest BCUT2D eigenvalue weighted by atomic mass is 16.7. The Bertz CT molecular complexity index is 750. The van der Waals surface area contributed by atoms with Gasteiger partial charge in [-0.05, 0) is 18.2 Å². The number of methoxy groups -OCH3 is 2. The number of hydrogen-bond donors (Lipinski definition) is 0. The molecule has 0 amide bonds. The summed E-state index contributed by atoms with van der Waals surface area (Å²) in [4.78, 5) is 12.2. The summed E-state index contributed by atoms with van der Waals surface area (Å²) in [6, 6.07) is 10.8. The molecule has 0 aliphatic carbocycles. The molecule has 5 heteroatoms. The Hall–Kier alpha value is -2.95. The second-order valence-electron chi connectivity index (χ2n) is 4.83. The number of rotatable bonds is 5. The topological polar surface area (TPSA) is 54.0 Å². The third-order valence-electron chi connectivity index (χ3n) is 3.49. The van der Waals surface area contributed by atoms with Crippen molar-refractivity contribution in [2.75, 3.05) is 21.0 Å². The molecule has 2 aromatic carbocycles. The highest BCUT2D eigenvalue weighted by Gasteiger charge is 2.26. The summed E-state index contributed by atoms with van der Waals surface area (Å²) in [5.74, 6) is 1.94. The smallest absolute Gasteiger partial charge is 0.231 e. The molecule has 0 unspecified atom stereocenters. The Morgan fingerprint density at radius 3 is 2.52 bits per heavy atom. The molecule has 0 fully saturated rings. The fourth-order valence-electron chi connectivity index (χ4n) is 2.38. The molecular weight excluding hydrogens is 296 g/mol. The van der Waals surface area contributed by atoms with Crippen LogP contribution in [0.4, 0.5) is 0 Å². The summed E-state index contributed by atoms with van der Waals surface area (Å²) in [6.45, 7) is 0.109. The van der Waals surface area contributed by atoms with Crippen LogP contribution in [0.3, 0.4) is 0 Å². The fourth-order valence-corrected chi connectivity index (χ4v) is 2.38. The molecule has 1 aliphatic heterocycles. The van der Waals surface area contributed by atoms with Crippen molar-refractivity contribution < 1.29 is 23.7 Å². The van der Waals surface area contributed by atoms with E-state index in [-0.39, 0.29) is 12.6 Å². The molecule has 0 radical (unpaired) electrons. The van der Waals surface area contributed by atoms with E-state index in [9.17, 15) is 4.79 Å². The van der Waals surface area contributed by atoms with Gasteiger partial charge in [-0.25, -0.2) is 0 Å². The van der Waals surface area contributed by atoms with Gasteiger partial charge in [0.2, 0.25) is 18.3 Å². The van der Waals surface area contributed by atoms with Crippen molar-refractivity contribution in [3.05, 3.63) is 53.6 Å². The van der Waals surface area contributed by atoms with Crippen molar-refractivity contribution in [1.82, 2.24) is 0 Å². The highest BCUT2D eigenvalue weighted by molar-refractivity contribution is 6.07. The van der Waals surface area contributed by atoms with Gasteiger partial charge in [0.25, 0.3) is 0 Å². The highest BCUT2D eigenvalue weighted by Crippen LogP contribution is 2.49. The van der Waals surface area contributed by atoms with Gasteiger partial charge >= 0.3 is 0 Å². The van der Waals surface area contributed by atoms with E-state index >= 15 is 0 Å². The van der Waals surface area contributed by atoms with E-state index in [0.29, 0.717) is 34.1 Å². The Kier molecular flexibility index (Phi) is 4.19. The largest absolute Gasteiger partial charge is 0.493 e. The molecule has 23 heavy (non-hydrogen) atoms. The van der Waals surface area contributed by atoms with E-state index < -0.39 is 0 Å². The van der Waals surface area contributed by atoms with Crippen molar-refractivity contribution in [3.8, 4) is 23.0 Å². The minimum absolute atomic E-state index is 0.0933. The Morgan fingerprint density at radius 1 is 1.09 bits per heavy atom. The molecule has 0 N–H and O–H groups in total. The second kappa shape index (κ2) is 6.44. The fraction of sp³-hybridized carbons (Fsp3) is 0.167. The number of ether oxygens (including phenoxy) is 4. The third kappa shape index (κ3) is 2.85. The molecule has 1 heterocycles. The maximum absolute atomic E-state index is 12.2. The third-order valence-corrected chi connectivity index (χ3v) is 3.49. The van der Waals surface area contributed by atoms with E-state index in [1.807, 2.05) is 18.2 Å². The average molecular weight is 312 g/mol. The lowest BCUT2D eigenvalue weighted by atomic mass is 10.1. The van der Waals surface area contributed by atoms with E-state index in [1.54, 1.807) is 38.5 Å². The van der Waals surface area contributed by atoms with Crippen LogP contribution in [0.2, 0.25) is 0 Å². The quantitative estimate of drug-likeness (QED) is 0.626. The monoisotopic (exact) mass is 312 g/mol. The van der Waals surface area contributed by atoms with Crippen LogP contribution in [0, 0.1) is 0 Å². The van der Waals surface area contributed by atoms with Gasteiger partial charge in [0.05, 0.1) is 14.2 Å². The van der Waals surface area contributed by atoms with Crippen LogP contribution < -0.4 is 18.9 Å². The molecule has 3 rings (SSSR count). The van der Waals surface area contributed by atoms with Crippen LogP contribution in [-0.4, -0.2) is 26.8 Å². The molecule has 2 aromatic rings. The maximum atomic E-state index is 12.2. The van der Waals surface area contributed by atoms with Crippen LogP contribution in [0.25, 0.3) is 6.08 Å². The van der Waals surface area contributed by atoms with Crippen molar-refractivity contribution >= 4 is 11.9 Å². The maximum Gasteiger partial charge on any atom is 0.231 e. The van der Waals surface area contributed by atoms with Crippen molar-refractivity contribution in [2.45, 2.75) is 0 Å². The SMILES string of the molecule is COc1cc(/C=C/C(=O)c2ccccc2)c(OC)c2c1OCO2. The van der Waals surface area contributed by atoms with E-state index in [2.05, 4.69) is 0 Å². The van der Waals surface area contributed by atoms with Crippen LogP contribution >= 0.6 is 0 Å². The van der Waals surface area contributed by atoms with Gasteiger partial charge in [-0.1, -0.05) is 30.3 Å². The summed E-state index contributed by atoms with van der Waals surface area (Å²) >= 11 is 0. The molecule has 1 aliphatic rings. The second-order valence-corrected chi connectivity index (χ2v) is 4.83. The summed E-state index contributed by atoms with van der Waals surface area (Å²) in [5, 5.41) is 0. The van der Waals surface area contributed by atoms with Gasteiger partial charge < -0.3 is 18.9 Å². The van der Waals surface area contributed by atoms with Gasteiger partial charge in [0.1, 0.15) is 0 Å². The lowest BCUT2D eigenvalue weighted by Gasteiger charge is -2.11. The minimum Gasteiger partial charge on any atom is -0.493 e. The van der Waals surface area contributed by atoms with E-state index in [0.717, 1.165) is 0 Å². The first kappa shape index (κ1) is 15.0. The predicted octanol–water partition coefficient (Wildman–Crippen LogP) is 3.33. The number of benzene rings is 2. The first-order valence-electron chi connectivity index (χ1n) is 7.06. The minimum atomic E-state index is -0.0933. The lowest BCUT2D eigenvalue weighted by molar-refractivity contribution is 0.104. The zero-order valence-electron chi connectivity index (χ0n) is 12.9. The molecule has 5 nitrogen and oxygen atoms in total. The van der Waals surface area contributed by atoms with Crippen LogP contribution in [0.1, 0.15) is 15.9 Å². The molecular formula is C18H16O5. The molecule has 118 valence electrons. The predicted molar refractivity (Wildman–Crippen MR) is 85.5 cm³/mol. The van der Waals surface area contributed by atoms with Gasteiger partial charge in [0, 0.05) is 11.1 Å². The van der Waals surface area contributed by atoms with Crippen LogP contribution in [-0.2, 0) is 0 Å². The van der Waals surface area contributed by atoms with Gasteiger partial charge in [-0.3, -0.25) is 4.79 Å². The van der Waals surface area contributed by atoms with Gasteiger partial charge in [-0.15, -0.1) is 0 Å². The Balaban J connectivity index is 1.97. The van der Waals surface area contributed by atoms with Crippen molar-refractivity contribution in [2.24, 2.45) is 0 Å². The number of hydrogen-bond acceptors (Lipinski definition) is 5. The zero-order chi connectivity index (χ0) is 16.2. The average Bonchev–Trinajstić information content (AvgIpc) is 3.08. The summed E-state index contributed by atoms with van der Waals surface area (Å²) in [7, 11) is 3.09. The van der Waals surface area contributed by atoms with Crippen LogP contribution in [0.15, 0.2) is 42.5 Å². The Labute approximate surface area is 134 Å². The van der Waals surface area contributed by atoms with Gasteiger partial charge in [-0.2, -0.15) is 0 Å². The summed E-state index contributed by atoms with van der Waals surface area (Å²) in [5.41, 5.74) is 1.30. The molecule has 0 bridgehead atoms. The standard InChI is InChI=1S/C18H16O5/c1-20-15-10-13(16(21-2)18-17(15)22-11-23-18)8-9-14(19)12-6-4-3-5-7-12/h3-10H,11H2,1-2H3/b9-8+. The number of ketones is 1. The summed E-state index contributed by atoms with van der Waals surface area (Å²) < 4.78 is 21.6. The molecule has 0 spiro atoms. The van der Waals surface area contributed by atoms with Crippen molar-refractivity contribution in [3.63, 3.8) is 0 Å². The number of carbonyl (C=O) groups excluding carboxylic acids is 1. The first-order valence-corrected chi connectivity index (χ1v) is 7.06. The molecule has 0 saturated carbocycles. The molecule has 0 aromatic heterocycles. The number of allylic oxidation sites excluding steroid dienone is 1.